The van der Waals surface area contributed by atoms with Crippen LogP contribution in [0.5, 0.6) is 0 Å². The lowest BCUT2D eigenvalue weighted by molar-refractivity contribution is -0.167. The van der Waals surface area contributed by atoms with Gasteiger partial charge in [-0.05, 0) is 64.2 Å². The Labute approximate surface area is 417 Å². The summed E-state index contributed by atoms with van der Waals surface area (Å²) in [5, 5.41) is 0. The quantitative estimate of drug-likeness (QED) is 0.0262. The topological polar surface area (TPSA) is 78.9 Å². The number of esters is 3. The minimum Gasteiger partial charge on any atom is -0.462 e. The number of unbranched alkanes of at least 4 members (excludes halogenated alkanes) is 40. The lowest BCUT2D eigenvalue weighted by Gasteiger charge is -2.18. The maximum Gasteiger partial charge on any atom is 0.306 e. The highest BCUT2D eigenvalue weighted by Gasteiger charge is 2.19. The zero-order chi connectivity index (χ0) is 48.6. The van der Waals surface area contributed by atoms with Crippen molar-refractivity contribution < 1.29 is 28.6 Å². The summed E-state index contributed by atoms with van der Waals surface area (Å²) in [5.74, 6) is -0.859. The fraction of sp³-hybridized carbons (Fsp3) is 0.885. The molecule has 0 unspecified atom stereocenters. The number of carbonyl (C=O) groups is 3. The van der Waals surface area contributed by atoms with Gasteiger partial charge in [0.25, 0.3) is 0 Å². The van der Waals surface area contributed by atoms with E-state index in [4.69, 9.17) is 14.2 Å². The monoisotopic (exact) mass is 943 g/mol. The Morgan fingerprint density at radius 1 is 0.284 bits per heavy atom. The van der Waals surface area contributed by atoms with Crippen LogP contribution in [0.2, 0.25) is 0 Å². The maximum atomic E-state index is 12.9. The SMILES string of the molecule is CCCC/C=C\CCCCCCCC(=O)OC[C@@H](COC(=O)CCCCCCCCCCCCC/C=C\CCCCCCCC)OC(=O)CCCCCCCCCCCCCCCCCCC. The van der Waals surface area contributed by atoms with Crippen molar-refractivity contribution >= 4 is 17.9 Å². The van der Waals surface area contributed by atoms with Gasteiger partial charge in [0.2, 0.25) is 0 Å². The van der Waals surface area contributed by atoms with Crippen molar-refractivity contribution in [2.75, 3.05) is 13.2 Å². The Kier molecular flexibility index (Phi) is 54.7. The van der Waals surface area contributed by atoms with E-state index in [2.05, 4.69) is 45.1 Å². The molecule has 0 bridgehead atoms. The Balaban J connectivity index is 4.25. The van der Waals surface area contributed by atoms with E-state index in [1.165, 1.54) is 225 Å². The third kappa shape index (κ3) is 54.7. The molecule has 0 aliphatic carbocycles. The second kappa shape index (κ2) is 56.5. The first-order chi connectivity index (χ1) is 33.0. The fourth-order valence-corrected chi connectivity index (χ4v) is 8.89. The van der Waals surface area contributed by atoms with Crippen molar-refractivity contribution in [3.05, 3.63) is 24.3 Å². The first-order valence-electron chi connectivity index (χ1n) is 29.8. The molecule has 0 aliphatic rings. The van der Waals surface area contributed by atoms with E-state index in [1.807, 2.05) is 0 Å². The molecule has 0 rings (SSSR count). The average Bonchev–Trinajstić information content (AvgIpc) is 3.33. The van der Waals surface area contributed by atoms with E-state index in [0.29, 0.717) is 19.3 Å². The van der Waals surface area contributed by atoms with Gasteiger partial charge < -0.3 is 14.2 Å². The normalized spacial score (nSPS) is 12.1. The molecule has 0 aromatic carbocycles. The van der Waals surface area contributed by atoms with Gasteiger partial charge >= 0.3 is 17.9 Å². The van der Waals surface area contributed by atoms with Crippen molar-refractivity contribution in [1.82, 2.24) is 0 Å². The van der Waals surface area contributed by atoms with Crippen LogP contribution >= 0.6 is 0 Å². The Bertz CT molecular complexity index is 1080. The number of ether oxygens (including phenoxy) is 3. The van der Waals surface area contributed by atoms with Gasteiger partial charge in [-0.25, -0.2) is 0 Å². The number of rotatable bonds is 55. The number of allylic oxidation sites excluding steroid dienone is 4. The predicted octanol–water partition coefficient (Wildman–Crippen LogP) is 19.9. The van der Waals surface area contributed by atoms with Crippen molar-refractivity contribution in [3.63, 3.8) is 0 Å². The van der Waals surface area contributed by atoms with Crippen LogP contribution in [0.25, 0.3) is 0 Å². The summed E-state index contributed by atoms with van der Waals surface area (Å²) in [5.41, 5.74) is 0. The van der Waals surface area contributed by atoms with E-state index >= 15 is 0 Å². The van der Waals surface area contributed by atoms with Gasteiger partial charge in [0.05, 0.1) is 0 Å². The first kappa shape index (κ1) is 64.9. The molecule has 0 spiro atoms. The zero-order valence-electron chi connectivity index (χ0n) is 45.2. The molecule has 0 N–H and O–H groups in total. The van der Waals surface area contributed by atoms with Crippen LogP contribution in [0.4, 0.5) is 0 Å². The standard InChI is InChI=1S/C61H114O6/c1-4-7-10-13-16-19-22-24-26-28-29-30-31-33-34-36-39-42-45-48-51-54-60(63)66-57-58(56-65-59(62)53-50-47-44-41-38-21-18-15-12-9-6-3)67-61(64)55-52-49-46-43-40-37-35-32-27-25-23-20-17-14-11-8-5-2/h15,18,24,26,58H,4-14,16-17,19-23,25,27-57H2,1-3H3/b18-15-,26-24-/t58-/m0/s1. The molecule has 67 heavy (non-hydrogen) atoms. The molecular weight excluding hydrogens is 829 g/mol. The van der Waals surface area contributed by atoms with Crippen LogP contribution in [0.3, 0.4) is 0 Å². The Morgan fingerprint density at radius 2 is 0.507 bits per heavy atom. The second-order valence-electron chi connectivity index (χ2n) is 20.3. The Hall–Kier alpha value is -2.11. The van der Waals surface area contributed by atoms with Crippen LogP contribution < -0.4 is 0 Å². The molecular formula is C61H114O6. The molecule has 0 heterocycles. The third-order valence-electron chi connectivity index (χ3n) is 13.4. The molecule has 0 saturated carbocycles. The fourth-order valence-electron chi connectivity index (χ4n) is 8.89. The minimum atomic E-state index is -0.770. The van der Waals surface area contributed by atoms with Crippen molar-refractivity contribution in [2.24, 2.45) is 0 Å². The molecule has 0 radical (unpaired) electrons. The molecule has 0 aliphatic heterocycles. The van der Waals surface area contributed by atoms with Gasteiger partial charge in [-0.3, -0.25) is 14.4 Å². The second-order valence-corrected chi connectivity index (χ2v) is 20.3. The molecule has 6 heteroatoms. The molecule has 6 nitrogen and oxygen atoms in total. The average molecular weight is 944 g/mol. The van der Waals surface area contributed by atoms with Crippen molar-refractivity contribution in [3.8, 4) is 0 Å². The summed E-state index contributed by atoms with van der Waals surface area (Å²) >= 11 is 0. The molecule has 0 amide bonds. The summed E-state index contributed by atoms with van der Waals surface area (Å²) in [7, 11) is 0. The smallest absolute Gasteiger partial charge is 0.306 e. The van der Waals surface area contributed by atoms with Gasteiger partial charge in [0.15, 0.2) is 6.10 Å². The first-order valence-corrected chi connectivity index (χ1v) is 29.8. The van der Waals surface area contributed by atoms with E-state index in [-0.39, 0.29) is 31.1 Å². The molecule has 0 fully saturated rings. The van der Waals surface area contributed by atoms with E-state index in [1.54, 1.807) is 0 Å². The Morgan fingerprint density at radius 3 is 0.791 bits per heavy atom. The van der Waals surface area contributed by atoms with Crippen LogP contribution in [-0.2, 0) is 28.6 Å². The predicted molar refractivity (Wildman–Crippen MR) is 289 cm³/mol. The van der Waals surface area contributed by atoms with Crippen LogP contribution in [-0.4, -0.2) is 37.2 Å². The van der Waals surface area contributed by atoms with Gasteiger partial charge in [-0.1, -0.05) is 270 Å². The maximum absolute atomic E-state index is 12.9. The van der Waals surface area contributed by atoms with Crippen LogP contribution in [0.1, 0.15) is 329 Å². The third-order valence-corrected chi connectivity index (χ3v) is 13.4. The highest BCUT2D eigenvalue weighted by Crippen LogP contribution is 2.17. The molecule has 0 saturated heterocycles. The summed E-state index contributed by atoms with van der Waals surface area (Å²) < 4.78 is 16.9. The lowest BCUT2D eigenvalue weighted by atomic mass is 10.0. The van der Waals surface area contributed by atoms with Crippen molar-refractivity contribution in [2.45, 2.75) is 335 Å². The molecule has 0 aromatic heterocycles. The van der Waals surface area contributed by atoms with Gasteiger partial charge in [0, 0.05) is 19.3 Å². The van der Waals surface area contributed by atoms with Gasteiger partial charge in [-0.2, -0.15) is 0 Å². The van der Waals surface area contributed by atoms with Crippen molar-refractivity contribution in [1.29, 1.82) is 0 Å². The molecule has 0 aromatic rings. The number of hydrogen-bond acceptors (Lipinski definition) is 6. The molecule has 1 atom stereocenters. The largest absolute Gasteiger partial charge is 0.462 e. The lowest BCUT2D eigenvalue weighted by Crippen LogP contribution is -2.30. The van der Waals surface area contributed by atoms with Crippen LogP contribution in [0.15, 0.2) is 24.3 Å². The summed E-state index contributed by atoms with van der Waals surface area (Å²) in [4.78, 5) is 38.1. The van der Waals surface area contributed by atoms with Gasteiger partial charge in [0.1, 0.15) is 13.2 Å². The molecule has 394 valence electrons. The highest BCUT2D eigenvalue weighted by atomic mass is 16.6. The zero-order valence-corrected chi connectivity index (χ0v) is 45.2. The summed E-state index contributed by atoms with van der Waals surface area (Å²) in [6.07, 6.45) is 66.1. The van der Waals surface area contributed by atoms with Crippen LogP contribution in [0, 0.1) is 0 Å². The summed E-state index contributed by atoms with van der Waals surface area (Å²) in [6, 6.07) is 0. The number of carbonyl (C=O) groups excluding carboxylic acids is 3. The number of hydrogen-bond donors (Lipinski definition) is 0. The highest BCUT2D eigenvalue weighted by molar-refractivity contribution is 5.71. The summed E-state index contributed by atoms with van der Waals surface area (Å²) in [6.45, 7) is 6.64. The van der Waals surface area contributed by atoms with E-state index in [0.717, 1.165) is 64.2 Å². The van der Waals surface area contributed by atoms with E-state index in [9.17, 15) is 14.4 Å². The van der Waals surface area contributed by atoms with E-state index < -0.39 is 6.10 Å². The minimum absolute atomic E-state index is 0.0697. The van der Waals surface area contributed by atoms with Gasteiger partial charge in [-0.15, -0.1) is 0 Å².